The first-order valence-corrected chi connectivity index (χ1v) is 32.2. The van der Waals surface area contributed by atoms with E-state index in [0.29, 0.717) is 130 Å². The van der Waals surface area contributed by atoms with E-state index in [2.05, 4.69) is 63.7 Å². The van der Waals surface area contributed by atoms with Crippen molar-refractivity contribution in [3.05, 3.63) is 190 Å². The number of benzene rings is 6. The number of furan rings is 2. The van der Waals surface area contributed by atoms with Crippen molar-refractivity contribution in [2.75, 3.05) is 34.4 Å². The van der Waals surface area contributed by atoms with Gasteiger partial charge in [-0.25, -0.2) is 9.59 Å². The number of rotatable bonds is 34. The molecule has 32 heteroatoms. The van der Waals surface area contributed by atoms with Crippen LogP contribution in [0.15, 0.2) is 174 Å². The molecule has 2 aromatic heterocycles. The minimum Gasteiger partial charge on any atom is -0.478 e. The molecule has 0 aliphatic carbocycles. The first kappa shape index (κ1) is 80.7. The van der Waals surface area contributed by atoms with Crippen molar-refractivity contribution in [2.45, 2.75) is 99.9 Å². The van der Waals surface area contributed by atoms with E-state index in [9.17, 15) is 29.4 Å². The van der Waals surface area contributed by atoms with Gasteiger partial charge in [0, 0.05) is 29.9 Å². The fraction of sp³-hybridized carbons (Fsp3) is 0.226. The molecule has 0 unspecified atom stereocenters. The lowest BCUT2D eigenvalue weighted by molar-refractivity contribution is -0.195. The topological polar surface area (TPSA) is 380 Å². The van der Waals surface area contributed by atoms with Crippen LogP contribution < -0.4 is 54.3 Å². The molecule has 14 N–H and O–H groups in total. The number of carbonyl (C=O) groups excluding carboxylic acids is 2. The maximum absolute atomic E-state index is 11.4. The quantitative estimate of drug-likeness (QED) is 0.00589. The number of unbranched alkanes of at least 4 members (excludes halogenated alkanes) is 2. The highest BCUT2D eigenvalue weighted by molar-refractivity contribution is 7.95. The van der Waals surface area contributed by atoms with Crippen LogP contribution in [0, 0.1) is 0 Å². The van der Waals surface area contributed by atoms with E-state index in [4.69, 9.17) is 73.8 Å². The number of hydrogen-bond donors (Lipinski definition) is 10. The van der Waals surface area contributed by atoms with Crippen molar-refractivity contribution in [1.82, 2.24) is 0 Å². The molecular formula is C62H74Cl2N8O18S4. The van der Waals surface area contributed by atoms with Crippen molar-refractivity contribution in [2.24, 2.45) is 23.6 Å². The lowest BCUT2D eigenvalue weighted by atomic mass is 10.1. The summed E-state index contributed by atoms with van der Waals surface area (Å²) in [5, 5.41) is 31.8. The molecule has 0 atom stereocenters. The van der Waals surface area contributed by atoms with Crippen LogP contribution in [0.4, 0.5) is 22.7 Å². The molecule has 0 bridgehead atoms. The van der Waals surface area contributed by atoms with Gasteiger partial charge < -0.3 is 49.8 Å². The van der Waals surface area contributed by atoms with E-state index in [1.165, 1.54) is 30.5 Å². The van der Waals surface area contributed by atoms with Crippen molar-refractivity contribution >= 4 is 119 Å². The van der Waals surface area contributed by atoms with Crippen LogP contribution in [-0.4, -0.2) is 47.8 Å². The predicted octanol–water partition coefficient (Wildman–Crippen LogP) is 16.9. The molecule has 0 aliphatic rings. The second-order valence-corrected chi connectivity index (χ2v) is 21.3. The molecule has 8 aromatic rings. The summed E-state index contributed by atoms with van der Waals surface area (Å²) in [5.74, 6) is 20.8. The van der Waals surface area contributed by atoms with Crippen LogP contribution in [-0.2, 0) is 50.4 Å². The first-order valence-electron chi connectivity index (χ1n) is 28.5. The average molecular weight is 1420 g/mol. The number of carboxylic acid groups (broad SMARTS) is 2. The molecule has 0 saturated heterocycles. The third kappa shape index (κ3) is 29.0. The number of hydrogen-bond acceptors (Lipinski definition) is 28. The maximum Gasteiger partial charge on any atom is 0.337 e. The number of anilines is 4. The Morgan fingerprint density at radius 1 is 0.500 bits per heavy atom. The normalized spacial score (nSPS) is 10.2. The molecule has 8 rings (SSSR count). The number of halogens is 2. The molecule has 26 nitrogen and oxygen atoms in total. The molecule has 508 valence electrons. The highest BCUT2D eigenvalue weighted by atomic mass is 35.5. The summed E-state index contributed by atoms with van der Waals surface area (Å²) in [6.45, 7) is 14.4. The van der Waals surface area contributed by atoms with Gasteiger partial charge in [0.1, 0.15) is 29.3 Å². The number of carboxylic acids is 2. The van der Waals surface area contributed by atoms with Gasteiger partial charge in [-0.1, -0.05) is 114 Å². The fourth-order valence-electron chi connectivity index (χ4n) is 7.27. The van der Waals surface area contributed by atoms with Crippen LogP contribution in [0.25, 0.3) is 0 Å². The molecule has 94 heavy (non-hydrogen) atoms. The minimum absolute atomic E-state index is 0.0362. The number of nitrogens with one attached hydrogen (secondary N) is 4. The number of aldehydes is 2. The third-order valence-corrected chi connectivity index (χ3v) is 14.8. The minimum atomic E-state index is -1.11. The van der Waals surface area contributed by atoms with Crippen molar-refractivity contribution < 1.29 is 85.0 Å². The Labute approximate surface area is 570 Å². The molecule has 0 spiro atoms. The van der Waals surface area contributed by atoms with Crippen molar-refractivity contribution in [1.29, 1.82) is 0 Å². The lowest BCUT2D eigenvalue weighted by Gasteiger charge is -2.17. The zero-order valence-corrected chi connectivity index (χ0v) is 56.6. The third-order valence-electron chi connectivity index (χ3n) is 11.4. The van der Waals surface area contributed by atoms with Gasteiger partial charge in [0.05, 0.1) is 132 Å². The molecular weight excluding hydrogens is 1340 g/mol. The van der Waals surface area contributed by atoms with Gasteiger partial charge in [-0.3, -0.25) is 9.59 Å². The maximum atomic E-state index is 11.4. The van der Waals surface area contributed by atoms with Gasteiger partial charge >= 0.3 is 11.9 Å². The molecule has 0 radical (unpaired) electrons. The van der Waals surface area contributed by atoms with Crippen molar-refractivity contribution in [3.63, 3.8) is 0 Å². The van der Waals surface area contributed by atoms with Gasteiger partial charge in [-0.05, 0) is 110 Å². The van der Waals surface area contributed by atoms with E-state index in [1.54, 1.807) is 60.9 Å². The molecule has 2 heterocycles. The Balaban J connectivity index is 0.000000322. The van der Waals surface area contributed by atoms with E-state index in [0.717, 1.165) is 80.4 Å². The van der Waals surface area contributed by atoms with E-state index in [1.807, 2.05) is 82.3 Å². The summed E-state index contributed by atoms with van der Waals surface area (Å²) < 4.78 is 40.8. The van der Waals surface area contributed by atoms with Crippen LogP contribution in [0.2, 0.25) is 10.0 Å². The molecule has 0 fully saturated rings. The standard InChI is InChI=1S/C17H20N2O5S.C17H20N2O4S.C12H11ClN2O5S.C12H11ClN2O4S.2C2H6/c1-2-3-9-19-14-10-12(17(20)21)11-15(25-24-23-18)16(14)22-13-7-5-4-6-8-13;1-2-3-9-19-15-10-13(12-20)11-16(24-23-22-18)17(15)21-14-7-5-4-6-8-14;13-9-5-10(15-6-7-2-1-3-18-7)8(12(16)17)4-11(9)21-20-19-14;13-10-5-11(15-6-9-2-1-3-17-9)8(7-16)4-12(10)20-19-18-14;2*1-2/h4-8,10-11,19H,2-3,9,18H2,1H3,(H,20,21);4-8,10-12,19H,2-3,9,18H2,1H3;1-5,15H,6,14H2,(H,16,17);1-5,7,15H,6,14H2;2*1-2H3. The number of para-hydroxylation sites is 2. The molecule has 0 amide bonds. The van der Waals surface area contributed by atoms with Crippen LogP contribution >= 0.6 is 71.4 Å². The smallest absolute Gasteiger partial charge is 0.337 e. The SMILES string of the molecule is CC.CC.CCCCNc1cc(C(=O)O)cc(SOON)c1Oc1ccccc1.CCCCNc1cc(C=O)cc(SOON)c1Oc1ccccc1.NOOSc1cc(C(=O)O)c(NCc2ccco2)cc1Cl.NOOSc1cc(C=O)c(NCc2ccco2)cc1Cl. The summed E-state index contributed by atoms with van der Waals surface area (Å²) in [5.41, 5.74) is 3.29. The second kappa shape index (κ2) is 48.2. The lowest BCUT2D eigenvalue weighted by Crippen LogP contribution is -2.06. The van der Waals surface area contributed by atoms with Gasteiger partial charge in [0.25, 0.3) is 0 Å². The van der Waals surface area contributed by atoms with Gasteiger partial charge in [-0.2, -0.15) is 23.6 Å². The molecule has 0 aliphatic heterocycles. The van der Waals surface area contributed by atoms with Crippen LogP contribution in [0.3, 0.4) is 0 Å². The number of aromatic carboxylic acids is 2. The Morgan fingerprint density at radius 3 is 1.35 bits per heavy atom. The monoisotopic (exact) mass is 1420 g/mol. The second-order valence-electron chi connectivity index (χ2n) is 17.5. The number of ether oxygens (including phenoxy) is 2. The summed E-state index contributed by atoms with van der Waals surface area (Å²) in [4.78, 5) is 63.2. The Hall–Kier alpha value is -7.54. The first-order chi connectivity index (χ1) is 45.8. The average Bonchev–Trinajstić information content (AvgIpc) is 1.04. The molecule has 6 aromatic carbocycles. The predicted molar refractivity (Wildman–Crippen MR) is 364 cm³/mol. The summed E-state index contributed by atoms with van der Waals surface area (Å²) >= 11 is 15.3. The van der Waals surface area contributed by atoms with Crippen LogP contribution in [0.5, 0.6) is 23.0 Å². The number of nitrogens with two attached hydrogens (primary N) is 4. The highest BCUT2D eigenvalue weighted by Crippen LogP contribution is 2.43. The highest BCUT2D eigenvalue weighted by Gasteiger charge is 2.20. The van der Waals surface area contributed by atoms with E-state index >= 15 is 0 Å². The Kier molecular flexibility index (Phi) is 41.4. The van der Waals surface area contributed by atoms with Crippen LogP contribution in [0.1, 0.15) is 120 Å². The van der Waals surface area contributed by atoms with Gasteiger partial charge in [0.15, 0.2) is 17.8 Å². The number of carbonyl (C=O) groups is 4. The van der Waals surface area contributed by atoms with E-state index < -0.39 is 11.9 Å². The Bertz CT molecular complexity index is 3450. The summed E-state index contributed by atoms with van der Waals surface area (Å²) in [6.07, 6.45) is 8.60. The largest absolute Gasteiger partial charge is 0.478 e. The summed E-state index contributed by atoms with van der Waals surface area (Å²) in [7, 11) is 0. The van der Waals surface area contributed by atoms with Gasteiger partial charge in [0.2, 0.25) is 0 Å². The Morgan fingerprint density at radius 2 is 0.936 bits per heavy atom. The zero-order valence-electron chi connectivity index (χ0n) is 51.8. The summed E-state index contributed by atoms with van der Waals surface area (Å²) in [6, 6.07) is 38.1. The fourth-order valence-corrected chi connectivity index (χ4v) is 9.67. The van der Waals surface area contributed by atoms with E-state index in [-0.39, 0.29) is 11.1 Å². The zero-order chi connectivity index (χ0) is 68.9. The van der Waals surface area contributed by atoms with Gasteiger partial charge in [-0.15, -0.1) is 37.3 Å². The molecule has 0 saturated carbocycles. The van der Waals surface area contributed by atoms with Crippen molar-refractivity contribution in [3.8, 4) is 23.0 Å².